The largest absolute Gasteiger partial charge is 0.360 e. The van der Waals surface area contributed by atoms with Crippen LogP contribution in [0.15, 0.2) is 22.9 Å². The van der Waals surface area contributed by atoms with Crippen molar-refractivity contribution < 1.29 is 0 Å². The van der Waals surface area contributed by atoms with Crippen molar-refractivity contribution in [3.63, 3.8) is 0 Å². The lowest BCUT2D eigenvalue weighted by molar-refractivity contribution is 1.23. The maximum absolute atomic E-state index is 4.19. The summed E-state index contributed by atoms with van der Waals surface area (Å²) in [5.74, 6) is 0. The Labute approximate surface area is 72.8 Å². The van der Waals surface area contributed by atoms with Crippen LogP contribution in [0.25, 0.3) is 10.9 Å². The number of H-pyrrole nitrogens is 1. The second kappa shape index (κ2) is 2.34. The highest BCUT2D eigenvalue weighted by atomic mass is 79.9. The van der Waals surface area contributed by atoms with Crippen LogP contribution in [0.2, 0.25) is 0 Å². The third kappa shape index (κ3) is 0.959. The normalized spacial score (nSPS) is 10.7. The van der Waals surface area contributed by atoms with Crippen molar-refractivity contribution in [2.24, 2.45) is 0 Å². The quantitative estimate of drug-likeness (QED) is 0.712. The number of halogens is 1. The maximum atomic E-state index is 4.19. The van der Waals surface area contributed by atoms with Crippen LogP contribution >= 0.6 is 15.9 Å². The molecule has 0 unspecified atom stereocenters. The minimum absolute atomic E-state index is 1.05. The number of aromatic nitrogens is 2. The Morgan fingerprint density at radius 1 is 1.55 bits per heavy atom. The average Bonchev–Trinajstić information content (AvgIpc) is 2.34. The molecule has 0 aliphatic carbocycles. The second-order valence-electron chi connectivity index (χ2n) is 2.46. The Kier molecular flexibility index (Phi) is 1.46. The molecule has 0 radical (unpaired) electrons. The number of aromatic amines is 1. The van der Waals surface area contributed by atoms with E-state index in [1.54, 1.807) is 6.20 Å². The summed E-state index contributed by atoms with van der Waals surface area (Å²) in [5, 5.41) is 1.17. The lowest BCUT2D eigenvalue weighted by Gasteiger charge is -1.93. The highest BCUT2D eigenvalue weighted by Gasteiger charge is 2.02. The third-order valence-corrected chi connectivity index (χ3v) is 2.36. The smallest absolute Gasteiger partial charge is 0.0499 e. The zero-order valence-corrected chi connectivity index (χ0v) is 7.64. The molecule has 2 heterocycles. The standard InChI is InChI=1S/C8H7BrN2/c1-5-8-6(9)4-11-7(8)2-3-10-5/h2-4,11H,1H3. The van der Waals surface area contributed by atoms with Gasteiger partial charge in [-0.15, -0.1) is 0 Å². The van der Waals surface area contributed by atoms with Gasteiger partial charge in [0.25, 0.3) is 0 Å². The third-order valence-electron chi connectivity index (χ3n) is 1.73. The Morgan fingerprint density at radius 3 is 3.09 bits per heavy atom. The summed E-state index contributed by atoms with van der Waals surface area (Å²) in [5.41, 5.74) is 2.18. The molecular formula is C8H7BrN2. The first-order valence-electron chi connectivity index (χ1n) is 3.37. The fourth-order valence-corrected chi connectivity index (χ4v) is 1.82. The highest BCUT2D eigenvalue weighted by molar-refractivity contribution is 9.10. The number of rotatable bonds is 0. The van der Waals surface area contributed by atoms with Crippen LogP contribution < -0.4 is 0 Å². The first kappa shape index (κ1) is 6.85. The molecule has 2 rings (SSSR count). The summed E-state index contributed by atoms with van der Waals surface area (Å²) in [4.78, 5) is 7.33. The van der Waals surface area contributed by atoms with E-state index < -0.39 is 0 Å². The van der Waals surface area contributed by atoms with E-state index in [4.69, 9.17) is 0 Å². The van der Waals surface area contributed by atoms with E-state index in [9.17, 15) is 0 Å². The molecule has 11 heavy (non-hydrogen) atoms. The number of hydrogen-bond acceptors (Lipinski definition) is 1. The van der Waals surface area contributed by atoms with Crippen LogP contribution in [-0.4, -0.2) is 9.97 Å². The fourth-order valence-electron chi connectivity index (χ4n) is 1.20. The fraction of sp³-hybridized carbons (Fsp3) is 0.125. The Balaban J connectivity index is 2.96. The van der Waals surface area contributed by atoms with Crippen molar-refractivity contribution in [1.29, 1.82) is 0 Å². The topological polar surface area (TPSA) is 28.7 Å². The molecule has 0 atom stereocenters. The van der Waals surface area contributed by atoms with Gasteiger partial charge < -0.3 is 4.98 Å². The summed E-state index contributed by atoms with van der Waals surface area (Å²) in [6, 6.07) is 1.97. The molecule has 3 heteroatoms. The van der Waals surface area contributed by atoms with Gasteiger partial charge in [-0.1, -0.05) is 0 Å². The van der Waals surface area contributed by atoms with Gasteiger partial charge in [0.2, 0.25) is 0 Å². The van der Waals surface area contributed by atoms with Crippen LogP contribution in [0.1, 0.15) is 5.69 Å². The number of pyridine rings is 1. The summed E-state index contributed by atoms with van der Waals surface area (Å²) in [6.45, 7) is 2.00. The lowest BCUT2D eigenvalue weighted by atomic mass is 10.2. The van der Waals surface area contributed by atoms with Gasteiger partial charge in [0.1, 0.15) is 0 Å². The van der Waals surface area contributed by atoms with Crippen LogP contribution in [0.4, 0.5) is 0 Å². The van der Waals surface area contributed by atoms with Crippen LogP contribution in [-0.2, 0) is 0 Å². The number of nitrogens with zero attached hydrogens (tertiary/aromatic N) is 1. The molecule has 0 amide bonds. The van der Waals surface area contributed by atoms with Gasteiger partial charge in [0.05, 0.1) is 0 Å². The molecule has 0 aliphatic rings. The first-order chi connectivity index (χ1) is 5.29. The van der Waals surface area contributed by atoms with Crippen molar-refractivity contribution in [3.05, 3.63) is 28.6 Å². The predicted molar refractivity (Wildman–Crippen MR) is 48.5 cm³/mol. The molecule has 0 fully saturated rings. The lowest BCUT2D eigenvalue weighted by Crippen LogP contribution is -1.79. The summed E-state index contributed by atoms with van der Waals surface area (Å²) >= 11 is 3.45. The van der Waals surface area contributed by atoms with E-state index in [0.29, 0.717) is 0 Å². The minimum atomic E-state index is 1.05. The summed E-state index contributed by atoms with van der Waals surface area (Å²) in [7, 11) is 0. The monoisotopic (exact) mass is 210 g/mol. The summed E-state index contributed by atoms with van der Waals surface area (Å²) < 4.78 is 1.08. The van der Waals surface area contributed by atoms with E-state index in [1.165, 1.54) is 5.39 Å². The Bertz CT molecular complexity index is 392. The number of hydrogen-bond donors (Lipinski definition) is 1. The zero-order valence-electron chi connectivity index (χ0n) is 6.06. The molecular weight excluding hydrogens is 204 g/mol. The van der Waals surface area contributed by atoms with Crippen molar-refractivity contribution in [1.82, 2.24) is 9.97 Å². The molecule has 0 saturated heterocycles. The van der Waals surface area contributed by atoms with Gasteiger partial charge >= 0.3 is 0 Å². The van der Waals surface area contributed by atoms with Crippen LogP contribution in [0.5, 0.6) is 0 Å². The molecule has 2 aromatic rings. The molecule has 56 valence electrons. The molecule has 2 nitrogen and oxygen atoms in total. The van der Waals surface area contributed by atoms with Gasteiger partial charge in [-0.05, 0) is 28.9 Å². The van der Waals surface area contributed by atoms with Crippen molar-refractivity contribution in [2.45, 2.75) is 6.92 Å². The van der Waals surface area contributed by atoms with Crippen molar-refractivity contribution in [3.8, 4) is 0 Å². The molecule has 0 saturated carbocycles. The van der Waals surface area contributed by atoms with Gasteiger partial charge in [-0.3, -0.25) is 4.98 Å². The van der Waals surface area contributed by atoms with E-state index in [0.717, 1.165) is 15.7 Å². The Hall–Kier alpha value is -0.830. The van der Waals surface area contributed by atoms with Crippen LogP contribution in [0.3, 0.4) is 0 Å². The number of fused-ring (bicyclic) bond motifs is 1. The molecule has 1 N–H and O–H groups in total. The molecule has 2 aromatic heterocycles. The van der Waals surface area contributed by atoms with E-state index in [-0.39, 0.29) is 0 Å². The molecule has 0 aromatic carbocycles. The highest BCUT2D eigenvalue weighted by Crippen LogP contribution is 2.24. The average molecular weight is 211 g/mol. The van der Waals surface area contributed by atoms with Crippen molar-refractivity contribution in [2.75, 3.05) is 0 Å². The number of nitrogens with one attached hydrogen (secondary N) is 1. The van der Waals surface area contributed by atoms with Gasteiger partial charge in [-0.2, -0.15) is 0 Å². The zero-order chi connectivity index (χ0) is 7.84. The van der Waals surface area contributed by atoms with E-state index in [1.807, 2.05) is 19.2 Å². The van der Waals surface area contributed by atoms with E-state index >= 15 is 0 Å². The predicted octanol–water partition coefficient (Wildman–Crippen LogP) is 2.63. The van der Waals surface area contributed by atoms with Gasteiger partial charge in [-0.25, -0.2) is 0 Å². The molecule has 0 bridgehead atoms. The maximum Gasteiger partial charge on any atom is 0.0499 e. The van der Waals surface area contributed by atoms with Crippen LogP contribution in [0, 0.1) is 6.92 Å². The molecule has 0 spiro atoms. The summed E-state index contributed by atoms with van der Waals surface area (Å²) in [6.07, 6.45) is 3.74. The minimum Gasteiger partial charge on any atom is -0.360 e. The molecule has 0 aliphatic heterocycles. The van der Waals surface area contributed by atoms with Crippen molar-refractivity contribution >= 4 is 26.8 Å². The SMILES string of the molecule is Cc1nccc2[nH]cc(Br)c12. The van der Waals surface area contributed by atoms with Gasteiger partial charge in [0.15, 0.2) is 0 Å². The van der Waals surface area contributed by atoms with Gasteiger partial charge in [0, 0.05) is 33.5 Å². The first-order valence-corrected chi connectivity index (χ1v) is 4.16. The Morgan fingerprint density at radius 2 is 2.36 bits per heavy atom. The van der Waals surface area contributed by atoms with E-state index in [2.05, 4.69) is 25.9 Å². The number of aryl methyl sites for hydroxylation is 1. The second-order valence-corrected chi connectivity index (χ2v) is 3.31.